The summed E-state index contributed by atoms with van der Waals surface area (Å²) in [5.41, 5.74) is 1.74. The van der Waals surface area contributed by atoms with E-state index in [4.69, 9.17) is 0 Å². The highest BCUT2D eigenvalue weighted by molar-refractivity contribution is 5.51. The first-order valence-corrected chi connectivity index (χ1v) is 8.13. The fourth-order valence-corrected chi connectivity index (χ4v) is 3.27. The molecule has 3 rings (SSSR count). The van der Waals surface area contributed by atoms with Crippen LogP contribution >= 0.6 is 0 Å². The maximum atomic E-state index is 4.40. The van der Waals surface area contributed by atoms with Gasteiger partial charge in [0.15, 0.2) is 0 Å². The summed E-state index contributed by atoms with van der Waals surface area (Å²) in [7, 11) is 0. The van der Waals surface area contributed by atoms with Gasteiger partial charge in [-0.2, -0.15) is 0 Å². The smallest absolute Gasteiger partial charge is 0.131 e. The van der Waals surface area contributed by atoms with Crippen molar-refractivity contribution in [3.8, 4) is 11.4 Å². The fraction of sp³-hybridized carbons (Fsp3) is 0.588. The molecule has 1 aliphatic rings. The van der Waals surface area contributed by atoms with Crippen LogP contribution < -0.4 is 0 Å². The molecule has 2 atom stereocenters. The zero-order valence-corrected chi connectivity index (χ0v) is 13.8. The lowest BCUT2D eigenvalue weighted by atomic mass is 9.91. The van der Waals surface area contributed by atoms with Crippen LogP contribution in [-0.4, -0.2) is 44.0 Å². The van der Waals surface area contributed by atoms with Crippen molar-refractivity contribution in [2.75, 3.05) is 13.1 Å². The van der Waals surface area contributed by atoms with Crippen molar-refractivity contribution >= 4 is 0 Å². The Bertz CT molecular complexity index is 605. The first kappa shape index (κ1) is 15.2. The number of hydrogen-bond donors (Lipinski definition) is 0. The number of hydrogen-bond acceptors (Lipinski definition) is 4. The molecule has 0 bridgehead atoms. The van der Waals surface area contributed by atoms with Gasteiger partial charge in [-0.05, 0) is 37.8 Å². The topological polar surface area (TPSA) is 46.8 Å². The Labute approximate surface area is 132 Å². The number of nitrogens with zero attached hydrogens (tertiary/aromatic N) is 5. The third kappa shape index (κ3) is 2.90. The summed E-state index contributed by atoms with van der Waals surface area (Å²) in [4.78, 5) is 6.90. The normalized spacial score (nSPS) is 22.8. The van der Waals surface area contributed by atoms with Crippen LogP contribution in [0.3, 0.4) is 0 Å². The summed E-state index contributed by atoms with van der Waals surface area (Å²) in [6, 6.07) is 6.84. The van der Waals surface area contributed by atoms with E-state index in [1.807, 2.05) is 24.4 Å². The first-order valence-electron chi connectivity index (χ1n) is 8.13. The van der Waals surface area contributed by atoms with E-state index in [-0.39, 0.29) is 0 Å². The molecule has 0 spiro atoms. The molecule has 0 aromatic carbocycles. The lowest BCUT2D eigenvalue weighted by molar-refractivity contribution is 0.253. The highest BCUT2D eigenvalue weighted by Gasteiger charge is 2.37. The first-order chi connectivity index (χ1) is 10.6. The second-order valence-corrected chi connectivity index (χ2v) is 6.82. The molecule has 5 heteroatoms. The van der Waals surface area contributed by atoms with Crippen LogP contribution in [0, 0.1) is 11.8 Å². The van der Waals surface area contributed by atoms with Gasteiger partial charge in [-0.3, -0.25) is 9.88 Å². The molecule has 2 aromatic heterocycles. The van der Waals surface area contributed by atoms with Gasteiger partial charge in [0.25, 0.3) is 0 Å². The summed E-state index contributed by atoms with van der Waals surface area (Å²) in [5.74, 6) is 1.25. The number of rotatable bonds is 4. The molecule has 1 saturated heterocycles. The van der Waals surface area contributed by atoms with Crippen molar-refractivity contribution in [1.82, 2.24) is 24.9 Å². The van der Waals surface area contributed by atoms with E-state index >= 15 is 0 Å². The zero-order chi connectivity index (χ0) is 15.7. The summed E-state index contributed by atoms with van der Waals surface area (Å²) in [6.45, 7) is 11.3. The van der Waals surface area contributed by atoms with E-state index < -0.39 is 0 Å². The summed E-state index contributed by atoms with van der Waals surface area (Å²) < 4.78 is 2.05. The van der Waals surface area contributed by atoms with E-state index in [9.17, 15) is 0 Å². The maximum absolute atomic E-state index is 4.40. The van der Waals surface area contributed by atoms with E-state index in [1.165, 1.54) is 0 Å². The summed E-state index contributed by atoms with van der Waals surface area (Å²) in [5, 5.41) is 8.73. The molecule has 0 radical (unpaired) electrons. The average molecular weight is 299 g/mol. The summed E-state index contributed by atoms with van der Waals surface area (Å²) >= 11 is 0. The number of pyridine rings is 1. The van der Waals surface area contributed by atoms with Gasteiger partial charge in [0.2, 0.25) is 0 Å². The van der Waals surface area contributed by atoms with Gasteiger partial charge < -0.3 is 0 Å². The van der Waals surface area contributed by atoms with E-state index in [2.05, 4.69) is 52.6 Å². The molecular formula is C17H25N5. The van der Waals surface area contributed by atoms with Crippen LogP contribution in [-0.2, 0) is 0 Å². The van der Waals surface area contributed by atoms with E-state index in [0.29, 0.717) is 23.9 Å². The second kappa shape index (κ2) is 6.16. The zero-order valence-electron chi connectivity index (χ0n) is 13.8. The van der Waals surface area contributed by atoms with Crippen molar-refractivity contribution < 1.29 is 0 Å². The van der Waals surface area contributed by atoms with E-state index in [1.54, 1.807) is 6.20 Å². The third-order valence-electron chi connectivity index (χ3n) is 4.73. The van der Waals surface area contributed by atoms with Crippen LogP contribution in [0.5, 0.6) is 0 Å². The van der Waals surface area contributed by atoms with Crippen molar-refractivity contribution in [3.05, 3.63) is 30.6 Å². The molecule has 1 aliphatic heterocycles. The second-order valence-electron chi connectivity index (χ2n) is 6.82. The maximum Gasteiger partial charge on any atom is 0.131 e. The molecule has 3 heterocycles. The van der Waals surface area contributed by atoms with Crippen LogP contribution in [0.15, 0.2) is 30.6 Å². The highest BCUT2D eigenvalue weighted by Crippen LogP contribution is 2.34. The quantitative estimate of drug-likeness (QED) is 0.871. The minimum Gasteiger partial charge on any atom is -0.298 e. The van der Waals surface area contributed by atoms with Gasteiger partial charge in [0, 0.05) is 25.3 Å². The van der Waals surface area contributed by atoms with Gasteiger partial charge in [0.1, 0.15) is 5.69 Å². The molecule has 5 nitrogen and oxygen atoms in total. The van der Waals surface area contributed by atoms with Gasteiger partial charge in [-0.25, -0.2) is 4.68 Å². The largest absolute Gasteiger partial charge is 0.298 e. The molecule has 22 heavy (non-hydrogen) atoms. The Morgan fingerprint density at radius 3 is 2.55 bits per heavy atom. The van der Waals surface area contributed by atoms with Crippen LogP contribution in [0.1, 0.15) is 33.7 Å². The molecule has 2 aromatic rings. The molecular weight excluding hydrogens is 274 g/mol. The van der Waals surface area contributed by atoms with Gasteiger partial charge in [-0.1, -0.05) is 25.1 Å². The van der Waals surface area contributed by atoms with Crippen molar-refractivity contribution in [2.45, 2.75) is 39.8 Å². The Morgan fingerprint density at radius 2 is 1.91 bits per heavy atom. The fourth-order valence-electron chi connectivity index (χ4n) is 3.27. The molecule has 0 saturated carbocycles. The Morgan fingerprint density at radius 1 is 1.09 bits per heavy atom. The molecule has 0 N–H and O–H groups in total. The third-order valence-corrected chi connectivity index (χ3v) is 4.73. The predicted molar refractivity (Wildman–Crippen MR) is 87.3 cm³/mol. The number of aromatic nitrogens is 4. The average Bonchev–Trinajstić information content (AvgIpc) is 3.15. The standard InChI is InChI=1S/C17H25N5/c1-12(2)14-9-21(13(3)4)11-17(14)22-10-16(19-20-22)15-7-5-6-8-18-15/h5-8,10,12-14,17H,9,11H2,1-4H3. The molecule has 1 fully saturated rings. The predicted octanol–water partition coefficient (Wildman–Crippen LogP) is 2.88. The summed E-state index contributed by atoms with van der Waals surface area (Å²) in [6.07, 6.45) is 3.84. The monoisotopic (exact) mass is 299 g/mol. The SMILES string of the molecule is CC(C)C1CN(C(C)C)CC1n1cc(-c2ccccn2)nn1. The van der Waals surface area contributed by atoms with Crippen molar-refractivity contribution in [2.24, 2.45) is 11.8 Å². The van der Waals surface area contributed by atoms with Crippen LogP contribution in [0.25, 0.3) is 11.4 Å². The van der Waals surface area contributed by atoms with Gasteiger partial charge >= 0.3 is 0 Å². The van der Waals surface area contributed by atoms with Gasteiger partial charge in [-0.15, -0.1) is 5.10 Å². The lowest BCUT2D eigenvalue weighted by Gasteiger charge is -2.21. The Balaban J connectivity index is 1.85. The molecule has 0 aliphatic carbocycles. The lowest BCUT2D eigenvalue weighted by Crippen LogP contribution is -2.29. The van der Waals surface area contributed by atoms with Crippen molar-refractivity contribution in [3.63, 3.8) is 0 Å². The van der Waals surface area contributed by atoms with Gasteiger partial charge in [0.05, 0.1) is 17.9 Å². The van der Waals surface area contributed by atoms with E-state index in [0.717, 1.165) is 24.5 Å². The molecule has 118 valence electrons. The Hall–Kier alpha value is -1.75. The van der Waals surface area contributed by atoms with Crippen molar-refractivity contribution in [1.29, 1.82) is 0 Å². The Kier molecular flexibility index (Phi) is 4.25. The van der Waals surface area contributed by atoms with Crippen LogP contribution in [0.4, 0.5) is 0 Å². The minimum atomic E-state index is 0.396. The molecule has 2 unspecified atom stereocenters. The highest BCUT2D eigenvalue weighted by atomic mass is 15.5. The molecule has 0 amide bonds. The van der Waals surface area contributed by atoms with Crippen LogP contribution in [0.2, 0.25) is 0 Å². The minimum absolute atomic E-state index is 0.396. The number of likely N-dealkylation sites (tertiary alicyclic amines) is 1.